The predicted octanol–water partition coefficient (Wildman–Crippen LogP) is 16.7. The highest BCUT2D eigenvalue weighted by Crippen LogP contribution is 2.14. The van der Waals surface area contributed by atoms with Crippen LogP contribution in [0.2, 0.25) is 0 Å². The Bertz CT molecular complexity index is 1290. The van der Waals surface area contributed by atoms with Gasteiger partial charge in [0.05, 0.1) is 6.61 Å². The fourth-order valence-electron chi connectivity index (χ4n) is 6.49. The summed E-state index contributed by atoms with van der Waals surface area (Å²) in [5.41, 5.74) is 0. The highest BCUT2D eigenvalue weighted by molar-refractivity contribution is 5.70. The van der Waals surface area contributed by atoms with E-state index in [2.05, 4.69) is 135 Å². The summed E-state index contributed by atoms with van der Waals surface area (Å²) in [5, 5.41) is 9.60. The van der Waals surface area contributed by atoms with E-state index in [1.807, 2.05) is 0 Å². The van der Waals surface area contributed by atoms with Crippen LogP contribution in [-0.2, 0) is 19.1 Å². The van der Waals surface area contributed by atoms with Crippen molar-refractivity contribution < 1.29 is 24.2 Å². The predicted molar refractivity (Wildman–Crippen MR) is 269 cm³/mol. The molecule has 350 valence electrons. The molecule has 0 aromatic carbocycles. The van der Waals surface area contributed by atoms with Crippen molar-refractivity contribution in [2.45, 2.75) is 213 Å². The van der Waals surface area contributed by atoms with E-state index in [1.54, 1.807) is 0 Å². The second-order valence-corrected chi connectivity index (χ2v) is 16.2. The van der Waals surface area contributed by atoms with E-state index in [4.69, 9.17) is 9.47 Å². The van der Waals surface area contributed by atoms with Gasteiger partial charge >= 0.3 is 11.9 Å². The van der Waals surface area contributed by atoms with Crippen molar-refractivity contribution in [3.8, 4) is 0 Å². The Labute approximate surface area is 382 Å². The summed E-state index contributed by atoms with van der Waals surface area (Å²) >= 11 is 0. The number of carbonyl (C=O) groups excluding carboxylic acids is 2. The topological polar surface area (TPSA) is 72.8 Å². The minimum atomic E-state index is -0.787. The monoisotopic (exact) mass is 857 g/mol. The number of allylic oxidation sites excluding steroid dienone is 20. The summed E-state index contributed by atoms with van der Waals surface area (Å²) in [4.78, 5) is 24.4. The van der Waals surface area contributed by atoms with E-state index in [1.165, 1.54) is 70.6 Å². The Kier molecular flexibility index (Phi) is 48.6. The molecular formula is C57H92O5. The van der Waals surface area contributed by atoms with Gasteiger partial charge in [-0.15, -0.1) is 0 Å². The number of unbranched alkanes of at least 4 members (excludes halogenated alkanes) is 16. The van der Waals surface area contributed by atoms with Crippen molar-refractivity contribution in [3.63, 3.8) is 0 Å². The zero-order chi connectivity index (χ0) is 44.9. The lowest BCUT2D eigenvalue weighted by Crippen LogP contribution is -2.28. The summed E-state index contributed by atoms with van der Waals surface area (Å²) in [7, 11) is 0. The van der Waals surface area contributed by atoms with Gasteiger partial charge in [-0.1, -0.05) is 212 Å². The van der Waals surface area contributed by atoms with Gasteiger partial charge in [0, 0.05) is 12.8 Å². The van der Waals surface area contributed by atoms with Gasteiger partial charge in [-0.2, -0.15) is 0 Å². The molecule has 0 radical (unpaired) electrons. The summed E-state index contributed by atoms with van der Waals surface area (Å²) in [6.45, 7) is 3.93. The van der Waals surface area contributed by atoms with Gasteiger partial charge in [0.25, 0.3) is 0 Å². The standard InChI is InChI=1S/C57H92O5/c1-3-5-7-9-11-13-15-17-18-19-20-21-22-23-24-25-26-27-28-29-30-31-32-33-34-35-36-37-38-40-42-44-46-48-50-52-57(60)62-55(53-58)54-61-56(59)51-49-47-45-43-41-39-16-14-12-10-8-6-4-2/h5,7-8,10-11,13-14,16-18,20-21,23-24,26-27,29-30,32-33,55,58H,3-4,6,9,12,15,19,22,25,28,31,34-54H2,1-2H3/b7-5-,10-8-,13-11-,16-14-,18-17-,21-20-,24-23-,27-26-,30-29-,33-32-. The van der Waals surface area contributed by atoms with Crippen LogP contribution < -0.4 is 0 Å². The molecular weight excluding hydrogens is 765 g/mol. The first-order valence-corrected chi connectivity index (χ1v) is 25.1. The van der Waals surface area contributed by atoms with Crippen molar-refractivity contribution in [2.24, 2.45) is 0 Å². The van der Waals surface area contributed by atoms with Gasteiger partial charge in [0.2, 0.25) is 0 Å². The van der Waals surface area contributed by atoms with Crippen LogP contribution in [0.3, 0.4) is 0 Å². The lowest BCUT2D eigenvalue weighted by molar-refractivity contribution is -0.161. The maximum Gasteiger partial charge on any atom is 0.306 e. The van der Waals surface area contributed by atoms with Gasteiger partial charge in [-0.3, -0.25) is 9.59 Å². The number of hydrogen-bond acceptors (Lipinski definition) is 5. The Hall–Kier alpha value is -3.70. The third-order valence-corrected chi connectivity index (χ3v) is 10.2. The third-order valence-electron chi connectivity index (χ3n) is 10.2. The molecule has 0 spiro atoms. The molecule has 0 saturated heterocycles. The molecule has 0 heterocycles. The Balaban J connectivity index is 3.58. The van der Waals surface area contributed by atoms with E-state index in [0.717, 1.165) is 109 Å². The molecule has 0 saturated carbocycles. The number of aliphatic hydroxyl groups excluding tert-OH is 1. The van der Waals surface area contributed by atoms with Crippen LogP contribution in [0.1, 0.15) is 206 Å². The lowest BCUT2D eigenvalue weighted by Gasteiger charge is -2.15. The largest absolute Gasteiger partial charge is 0.462 e. The van der Waals surface area contributed by atoms with Gasteiger partial charge < -0.3 is 14.6 Å². The fourth-order valence-corrected chi connectivity index (χ4v) is 6.49. The SMILES string of the molecule is CC/C=C\C/C=C\C/C=C\C/C=C\C/C=C\C/C=C\C/C=C\C/C=C\CCCCCCCCCCCCC(=O)OC(CO)COC(=O)CCCCCCC/C=C\C/C=C\CCC. The fraction of sp³-hybridized carbons (Fsp3) is 0.614. The molecule has 0 rings (SSSR count). The number of esters is 2. The van der Waals surface area contributed by atoms with Crippen LogP contribution in [0.15, 0.2) is 122 Å². The lowest BCUT2D eigenvalue weighted by atomic mass is 10.0. The molecule has 1 N–H and O–H groups in total. The molecule has 0 aliphatic carbocycles. The minimum Gasteiger partial charge on any atom is -0.462 e. The van der Waals surface area contributed by atoms with Gasteiger partial charge in [0.1, 0.15) is 6.61 Å². The molecule has 0 aliphatic heterocycles. The molecule has 0 aromatic rings. The number of carbonyl (C=O) groups is 2. The summed E-state index contributed by atoms with van der Waals surface area (Å²) in [5.74, 6) is -0.620. The highest BCUT2D eigenvalue weighted by Gasteiger charge is 2.16. The molecule has 0 fully saturated rings. The van der Waals surface area contributed by atoms with Crippen molar-refractivity contribution >= 4 is 11.9 Å². The van der Waals surface area contributed by atoms with Crippen LogP contribution in [0.4, 0.5) is 0 Å². The average Bonchev–Trinajstić information content (AvgIpc) is 3.28. The first kappa shape index (κ1) is 58.3. The van der Waals surface area contributed by atoms with Crippen molar-refractivity contribution in [3.05, 3.63) is 122 Å². The van der Waals surface area contributed by atoms with E-state index < -0.39 is 6.10 Å². The molecule has 5 nitrogen and oxygen atoms in total. The zero-order valence-electron chi connectivity index (χ0n) is 39.8. The molecule has 0 amide bonds. The second kappa shape index (κ2) is 51.6. The Morgan fingerprint density at radius 2 is 0.694 bits per heavy atom. The van der Waals surface area contributed by atoms with Crippen LogP contribution in [0, 0.1) is 0 Å². The normalized spacial score (nSPS) is 13.3. The molecule has 0 aromatic heterocycles. The number of hydrogen-bond donors (Lipinski definition) is 1. The van der Waals surface area contributed by atoms with Crippen molar-refractivity contribution in [2.75, 3.05) is 13.2 Å². The van der Waals surface area contributed by atoms with E-state index in [-0.39, 0.29) is 25.2 Å². The molecule has 0 bridgehead atoms. The maximum absolute atomic E-state index is 12.2. The molecule has 0 aliphatic rings. The number of rotatable bonds is 44. The van der Waals surface area contributed by atoms with Crippen LogP contribution in [-0.4, -0.2) is 36.4 Å². The molecule has 1 unspecified atom stereocenters. The number of ether oxygens (including phenoxy) is 2. The van der Waals surface area contributed by atoms with Gasteiger partial charge in [-0.25, -0.2) is 0 Å². The molecule has 5 heteroatoms. The Morgan fingerprint density at radius 3 is 1.05 bits per heavy atom. The van der Waals surface area contributed by atoms with Gasteiger partial charge in [-0.05, 0) is 103 Å². The van der Waals surface area contributed by atoms with Crippen molar-refractivity contribution in [1.29, 1.82) is 0 Å². The van der Waals surface area contributed by atoms with Crippen molar-refractivity contribution in [1.82, 2.24) is 0 Å². The zero-order valence-corrected chi connectivity index (χ0v) is 39.8. The summed E-state index contributed by atoms with van der Waals surface area (Å²) in [6.07, 6.45) is 75.8. The third kappa shape index (κ3) is 49.0. The van der Waals surface area contributed by atoms with E-state index >= 15 is 0 Å². The van der Waals surface area contributed by atoms with Crippen LogP contribution in [0.25, 0.3) is 0 Å². The molecule has 62 heavy (non-hydrogen) atoms. The smallest absolute Gasteiger partial charge is 0.306 e. The summed E-state index contributed by atoms with van der Waals surface area (Å²) in [6, 6.07) is 0. The quantitative estimate of drug-likeness (QED) is 0.0375. The number of aliphatic hydroxyl groups is 1. The average molecular weight is 857 g/mol. The first-order valence-electron chi connectivity index (χ1n) is 25.1. The minimum absolute atomic E-state index is 0.0812. The van der Waals surface area contributed by atoms with E-state index in [0.29, 0.717) is 12.8 Å². The van der Waals surface area contributed by atoms with Crippen LogP contribution in [0.5, 0.6) is 0 Å². The van der Waals surface area contributed by atoms with Gasteiger partial charge in [0.15, 0.2) is 6.10 Å². The second-order valence-electron chi connectivity index (χ2n) is 16.2. The first-order chi connectivity index (χ1) is 30.6. The van der Waals surface area contributed by atoms with E-state index in [9.17, 15) is 14.7 Å². The Morgan fingerprint density at radius 1 is 0.387 bits per heavy atom. The summed E-state index contributed by atoms with van der Waals surface area (Å²) < 4.78 is 10.6. The van der Waals surface area contributed by atoms with Crippen LogP contribution >= 0.6 is 0 Å². The molecule has 1 atom stereocenters. The highest BCUT2D eigenvalue weighted by atomic mass is 16.6. The maximum atomic E-state index is 12.2.